The molecule has 0 saturated heterocycles. The molecule has 0 aliphatic heterocycles. The Labute approximate surface area is 144 Å². The van der Waals surface area contributed by atoms with Crippen molar-refractivity contribution < 1.29 is 9.53 Å². The van der Waals surface area contributed by atoms with E-state index in [1.807, 2.05) is 6.07 Å². The first-order valence-electron chi connectivity index (χ1n) is 7.23. The minimum Gasteiger partial charge on any atom is -0.487 e. The molecule has 0 aliphatic rings. The van der Waals surface area contributed by atoms with E-state index >= 15 is 0 Å². The largest absolute Gasteiger partial charge is 0.487 e. The number of nitrogens with one attached hydrogen (secondary N) is 1. The number of carbonyl (C=O) groups is 1. The molecule has 1 N–H and O–H groups in total. The molecule has 0 radical (unpaired) electrons. The summed E-state index contributed by atoms with van der Waals surface area (Å²) in [6, 6.07) is 10.7. The van der Waals surface area contributed by atoms with Crippen LogP contribution < -0.4 is 10.1 Å². The normalized spacial score (nSPS) is 10.4. The number of carbonyl (C=O) groups excluding carboxylic acids is 1. The van der Waals surface area contributed by atoms with Crippen LogP contribution in [0.15, 0.2) is 55.0 Å². The van der Waals surface area contributed by atoms with Crippen molar-refractivity contribution in [3.05, 3.63) is 71.3 Å². The van der Waals surface area contributed by atoms with Crippen molar-refractivity contribution in [3.63, 3.8) is 0 Å². The maximum Gasteiger partial charge on any atom is 0.258 e. The van der Waals surface area contributed by atoms with E-state index in [-0.39, 0.29) is 5.91 Å². The van der Waals surface area contributed by atoms with Gasteiger partial charge in [0, 0.05) is 25.1 Å². The van der Waals surface area contributed by atoms with Gasteiger partial charge >= 0.3 is 0 Å². The summed E-state index contributed by atoms with van der Waals surface area (Å²) in [6.07, 6.45) is 4.76. The average Bonchev–Trinajstić information content (AvgIpc) is 3.02. The predicted octanol–water partition coefficient (Wildman–Crippen LogP) is 3.30. The molecule has 1 amide bonds. The van der Waals surface area contributed by atoms with E-state index < -0.39 is 0 Å². The first-order chi connectivity index (χ1) is 11.6. The summed E-state index contributed by atoms with van der Waals surface area (Å²) in [5.74, 6) is 0.480. The van der Waals surface area contributed by atoms with Gasteiger partial charge in [-0.25, -0.2) is 0 Å². The van der Waals surface area contributed by atoms with Crippen LogP contribution >= 0.6 is 11.6 Å². The highest BCUT2D eigenvalue weighted by Crippen LogP contribution is 2.18. The van der Waals surface area contributed by atoms with E-state index in [0.717, 1.165) is 5.69 Å². The zero-order valence-electron chi connectivity index (χ0n) is 12.9. The van der Waals surface area contributed by atoms with Crippen molar-refractivity contribution in [3.8, 4) is 5.75 Å². The lowest BCUT2D eigenvalue weighted by atomic mass is 10.2. The molecule has 122 valence electrons. The average molecular weight is 343 g/mol. The topological polar surface area (TPSA) is 69.0 Å². The fourth-order valence-corrected chi connectivity index (χ4v) is 2.14. The Morgan fingerprint density at radius 1 is 1.21 bits per heavy atom. The Morgan fingerprint density at radius 2 is 2.00 bits per heavy atom. The number of halogens is 1. The van der Waals surface area contributed by atoms with E-state index in [1.54, 1.807) is 54.5 Å². The smallest absolute Gasteiger partial charge is 0.258 e. The fourth-order valence-electron chi connectivity index (χ4n) is 2.03. The first kappa shape index (κ1) is 16.0. The number of hydrogen-bond donors (Lipinski definition) is 1. The number of aromatic nitrogens is 3. The molecule has 0 aliphatic carbocycles. The number of amides is 1. The highest BCUT2D eigenvalue weighted by Gasteiger charge is 2.08. The summed E-state index contributed by atoms with van der Waals surface area (Å²) in [5, 5.41) is 7.37. The number of aryl methyl sites for hydroxylation is 1. The van der Waals surface area contributed by atoms with E-state index in [4.69, 9.17) is 16.3 Å². The molecule has 0 atom stereocenters. The number of pyridine rings is 1. The highest BCUT2D eigenvalue weighted by molar-refractivity contribution is 6.30. The highest BCUT2D eigenvalue weighted by atomic mass is 35.5. The van der Waals surface area contributed by atoms with Gasteiger partial charge in [-0.1, -0.05) is 11.6 Å². The van der Waals surface area contributed by atoms with E-state index in [0.29, 0.717) is 28.6 Å². The lowest BCUT2D eigenvalue weighted by molar-refractivity contribution is 0.102. The summed E-state index contributed by atoms with van der Waals surface area (Å²) in [7, 11) is 1.76. The third-order valence-electron chi connectivity index (χ3n) is 3.25. The number of benzene rings is 1. The second-order valence-electron chi connectivity index (χ2n) is 5.14. The second kappa shape index (κ2) is 7.14. The minimum atomic E-state index is -0.206. The van der Waals surface area contributed by atoms with E-state index in [9.17, 15) is 4.79 Å². The molecule has 7 heteroatoms. The number of rotatable bonds is 5. The van der Waals surface area contributed by atoms with Crippen molar-refractivity contribution in [1.82, 2.24) is 14.8 Å². The van der Waals surface area contributed by atoms with Crippen LogP contribution in [0.3, 0.4) is 0 Å². The fraction of sp³-hybridized carbons (Fsp3) is 0.118. The monoisotopic (exact) mass is 342 g/mol. The van der Waals surface area contributed by atoms with Crippen molar-refractivity contribution in [2.45, 2.75) is 6.61 Å². The van der Waals surface area contributed by atoms with Crippen LogP contribution in [-0.2, 0) is 13.7 Å². The molecule has 2 heterocycles. The molecule has 3 aromatic rings. The molecule has 1 aromatic carbocycles. The van der Waals surface area contributed by atoms with E-state index in [1.165, 1.54) is 6.20 Å². The van der Waals surface area contributed by atoms with Gasteiger partial charge in [0.2, 0.25) is 0 Å². The van der Waals surface area contributed by atoms with Gasteiger partial charge in [-0.3, -0.25) is 14.5 Å². The summed E-state index contributed by atoms with van der Waals surface area (Å²) < 4.78 is 7.23. The van der Waals surface area contributed by atoms with Gasteiger partial charge in [0.05, 0.1) is 22.5 Å². The summed E-state index contributed by atoms with van der Waals surface area (Å²) in [4.78, 5) is 16.2. The number of ether oxygens (including phenoxy) is 1. The maximum absolute atomic E-state index is 12.0. The standard InChI is InChI=1S/C17H15ClN4O2/c1-22-10-12(8-20-22)17(23)21-14-4-6-16(7-5-14)24-11-15-3-2-13(18)9-19-15/h2-10H,11H2,1H3,(H,21,23). The summed E-state index contributed by atoms with van der Waals surface area (Å²) >= 11 is 5.79. The van der Waals surface area contributed by atoms with Crippen LogP contribution in [0.4, 0.5) is 5.69 Å². The Morgan fingerprint density at radius 3 is 2.62 bits per heavy atom. The Bertz CT molecular complexity index is 829. The van der Waals surface area contributed by atoms with Crippen molar-refractivity contribution >= 4 is 23.2 Å². The number of anilines is 1. The molecule has 0 saturated carbocycles. The van der Waals surface area contributed by atoms with Crippen LogP contribution in [-0.4, -0.2) is 20.7 Å². The summed E-state index contributed by atoms with van der Waals surface area (Å²) in [5.41, 5.74) is 1.97. The maximum atomic E-state index is 12.0. The van der Waals surface area contributed by atoms with Gasteiger partial charge in [-0.05, 0) is 36.4 Å². The molecule has 6 nitrogen and oxygen atoms in total. The third-order valence-corrected chi connectivity index (χ3v) is 3.48. The Kier molecular flexibility index (Phi) is 4.77. The lowest BCUT2D eigenvalue weighted by Crippen LogP contribution is -2.10. The first-order valence-corrected chi connectivity index (χ1v) is 7.61. The molecule has 0 spiro atoms. The van der Waals surface area contributed by atoms with Crippen LogP contribution in [0, 0.1) is 0 Å². The molecule has 0 unspecified atom stereocenters. The van der Waals surface area contributed by atoms with Crippen LogP contribution in [0.1, 0.15) is 16.1 Å². The molecule has 2 aromatic heterocycles. The zero-order valence-corrected chi connectivity index (χ0v) is 13.7. The van der Waals surface area contributed by atoms with Gasteiger partial charge < -0.3 is 10.1 Å². The molecule has 0 bridgehead atoms. The van der Waals surface area contributed by atoms with Gasteiger partial charge in [0.25, 0.3) is 5.91 Å². The molecule has 24 heavy (non-hydrogen) atoms. The number of hydrogen-bond acceptors (Lipinski definition) is 4. The Balaban J connectivity index is 1.57. The molecule has 0 fully saturated rings. The minimum absolute atomic E-state index is 0.206. The third kappa shape index (κ3) is 4.11. The summed E-state index contributed by atoms with van der Waals surface area (Å²) in [6.45, 7) is 0.346. The zero-order chi connectivity index (χ0) is 16.9. The van der Waals surface area contributed by atoms with Crippen molar-refractivity contribution in [2.24, 2.45) is 7.05 Å². The molecular weight excluding hydrogens is 328 g/mol. The SMILES string of the molecule is Cn1cc(C(=O)Nc2ccc(OCc3ccc(Cl)cn3)cc2)cn1. The second-order valence-corrected chi connectivity index (χ2v) is 5.57. The predicted molar refractivity (Wildman–Crippen MR) is 91.2 cm³/mol. The molecular formula is C17H15ClN4O2. The Hall–Kier alpha value is -2.86. The van der Waals surface area contributed by atoms with Gasteiger partial charge in [-0.2, -0.15) is 5.10 Å². The van der Waals surface area contributed by atoms with Gasteiger partial charge in [-0.15, -0.1) is 0 Å². The van der Waals surface area contributed by atoms with Crippen LogP contribution in [0.25, 0.3) is 0 Å². The lowest BCUT2D eigenvalue weighted by Gasteiger charge is -2.08. The van der Waals surface area contributed by atoms with Crippen molar-refractivity contribution in [1.29, 1.82) is 0 Å². The van der Waals surface area contributed by atoms with Crippen molar-refractivity contribution in [2.75, 3.05) is 5.32 Å². The molecule has 3 rings (SSSR count). The van der Waals surface area contributed by atoms with Gasteiger partial charge in [0.15, 0.2) is 0 Å². The van der Waals surface area contributed by atoms with Gasteiger partial charge in [0.1, 0.15) is 12.4 Å². The van der Waals surface area contributed by atoms with Crippen LogP contribution in [0.5, 0.6) is 5.75 Å². The number of nitrogens with zero attached hydrogens (tertiary/aromatic N) is 3. The van der Waals surface area contributed by atoms with Crippen LogP contribution in [0.2, 0.25) is 5.02 Å². The van der Waals surface area contributed by atoms with E-state index in [2.05, 4.69) is 15.4 Å². The quantitative estimate of drug-likeness (QED) is 0.772.